The van der Waals surface area contributed by atoms with E-state index in [2.05, 4.69) is 55.6 Å². The molecule has 0 radical (unpaired) electrons. The molecule has 0 heterocycles. The van der Waals surface area contributed by atoms with E-state index in [1.165, 1.54) is 218 Å². The maximum atomic E-state index is 13.0. The van der Waals surface area contributed by atoms with Crippen molar-refractivity contribution in [3.63, 3.8) is 0 Å². The molecule has 1 amide bonds. The lowest BCUT2D eigenvalue weighted by atomic mass is 10.0. The summed E-state index contributed by atoms with van der Waals surface area (Å²) in [5.74, 6) is -0.148. The van der Waals surface area contributed by atoms with Gasteiger partial charge in [0.15, 0.2) is 0 Å². The van der Waals surface area contributed by atoms with E-state index in [0.717, 1.165) is 57.8 Å². The van der Waals surface area contributed by atoms with Gasteiger partial charge < -0.3 is 19.8 Å². The Morgan fingerprint density at radius 1 is 0.479 bits per heavy atom. The van der Waals surface area contributed by atoms with Crippen LogP contribution >= 0.6 is 7.82 Å². The van der Waals surface area contributed by atoms with Crippen molar-refractivity contribution in [1.82, 2.24) is 5.32 Å². The fourth-order valence-electron chi connectivity index (χ4n) is 9.29. The van der Waals surface area contributed by atoms with Crippen LogP contribution in [0, 0.1) is 0 Å². The monoisotopic (exact) mass is 1020 g/mol. The molecular formula is C62H122N2O6P+. The number of hydrogen-bond acceptors (Lipinski definition) is 5. The number of rotatable bonds is 57. The van der Waals surface area contributed by atoms with Crippen molar-refractivity contribution >= 4 is 13.7 Å². The fraction of sp³-hybridized carbons (Fsp3) is 0.887. The summed E-state index contributed by atoms with van der Waals surface area (Å²) < 4.78 is 23.8. The highest BCUT2D eigenvalue weighted by atomic mass is 31.2. The zero-order chi connectivity index (χ0) is 52.0. The number of aliphatic hydroxyl groups excluding tert-OH is 1. The molecule has 0 aromatic carbocycles. The smallest absolute Gasteiger partial charge is 0.391 e. The predicted octanol–water partition coefficient (Wildman–Crippen LogP) is 18.9. The van der Waals surface area contributed by atoms with Crippen LogP contribution in [0.15, 0.2) is 36.5 Å². The number of quaternary nitrogens is 1. The Kier molecular flexibility index (Phi) is 52.6. The summed E-state index contributed by atoms with van der Waals surface area (Å²) in [6, 6.07) is -0.766. The van der Waals surface area contributed by atoms with Crippen LogP contribution in [0.25, 0.3) is 0 Å². The van der Waals surface area contributed by atoms with Gasteiger partial charge >= 0.3 is 7.82 Å². The molecule has 420 valence electrons. The van der Waals surface area contributed by atoms with Crippen LogP contribution < -0.4 is 5.32 Å². The third-order valence-corrected chi connectivity index (χ3v) is 15.1. The molecule has 0 rings (SSSR count). The second-order valence-corrected chi connectivity index (χ2v) is 23.9. The summed E-state index contributed by atoms with van der Waals surface area (Å²) in [5.41, 5.74) is 0. The van der Waals surface area contributed by atoms with Crippen molar-refractivity contribution in [3.05, 3.63) is 36.5 Å². The molecule has 0 aliphatic carbocycles. The molecule has 9 heteroatoms. The number of nitrogens with zero attached hydrogens (tertiary/aromatic N) is 1. The minimum atomic E-state index is -4.33. The van der Waals surface area contributed by atoms with Crippen molar-refractivity contribution in [2.45, 2.75) is 315 Å². The van der Waals surface area contributed by atoms with Gasteiger partial charge in [0.2, 0.25) is 5.91 Å². The highest BCUT2D eigenvalue weighted by Crippen LogP contribution is 2.43. The van der Waals surface area contributed by atoms with Crippen LogP contribution in [0.3, 0.4) is 0 Å². The van der Waals surface area contributed by atoms with Gasteiger partial charge in [0.25, 0.3) is 0 Å². The Bertz CT molecular complexity index is 1250. The van der Waals surface area contributed by atoms with E-state index in [1.54, 1.807) is 0 Å². The van der Waals surface area contributed by atoms with Crippen molar-refractivity contribution in [1.29, 1.82) is 0 Å². The minimum Gasteiger partial charge on any atom is -0.391 e. The lowest BCUT2D eigenvalue weighted by Gasteiger charge is -2.26. The van der Waals surface area contributed by atoms with Gasteiger partial charge in [0.05, 0.1) is 39.9 Å². The molecule has 0 aliphatic heterocycles. The van der Waals surface area contributed by atoms with Crippen molar-refractivity contribution in [2.24, 2.45) is 0 Å². The van der Waals surface area contributed by atoms with Crippen LogP contribution in [0.2, 0.25) is 0 Å². The van der Waals surface area contributed by atoms with E-state index in [-0.39, 0.29) is 19.1 Å². The molecule has 0 saturated carbocycles. The summed E-state index contributed by atoms with van der Waals surface area (Å²) in [6.45, 7) is 4.91. The number of hydrogen-bond donors (Lipinski definition) is 3. The van der Waals surface area contributed by atoms with E-state index in [4.69, 9.17) is 9.05 Å². The molecule has 3 unspecified atom stereocenters. The van der Waals surface area contributed by atoms with Gasteiger partial charge in [-0.15, -0.1) is 0 Å². The molecule has 0 aromatic rings. The first-order chi connectivity index (χ1) is 34.5. The number of aliphatic hydroxyl groups is 1. The quantitative estimate of drug-likeness (QED) is 0.0243. The van der Waals surface area contributed by atoms with E-state index < -0.39 is 20.0 Å². The van der Waals surface area contributed by atoms with Crippen LogP contribution in [0.4, 0.5) is 0 Å². The van der Waals surface area contributed by atoms with Crippen LogP contribution in [-0.4, -0.2) is 73.4 Å². The molecule has 71 heavy (non-hydrogen) atoms. The second kappa shape index (κ2) is 53.5. The maximum absolute atomic E-state index is 13.0. The number of phosphoric ester groups is 1. The van der Waals surface area contributed by atoms with Gasteiger partial charge in [-0.25, -0.2) is 4.57 Å². The number of nitrogens with one attached hydrogen (secondary N) is 1. The Labute approximate surface area is 442 Å². The van der Waals surface area contributed by atoms with Crippen LogP contribution in [-0.2, 0) is 18.4 Å². The van der Waals surface area contributed by atoms with Gasteiger partial charge in [-0.1, -0.05) is 281 Å². The third kappa shape index (κ3) is 56.3. The predicted molar refractivity (Wildman–Crippen MR) is 309 cm³/mol. The van der Waals surface area contributed by atoms with Crippen LogP contribution in [0.5, 0.6) is 0 Å². The third-order valence-electron chi connectivity index (χ3n) is 14.1. The number of amides is 1. The van der Waals surface area contributed by atoms with Crippen molar-refractivity contribution in [2.75, 3.05) is 40.9 Å². The summed E-state index contributed by atoms with van der Waals surface area (Å²) >= 11 is 0. The highest BCUT2D eigenvalue weighted by Gasteiger charge is 2.28. The standard InChI is InChI=1S/C62H121N2O6P/c1-6-8-10-12-14-16-18-20-22-24-26-28-30-31-32-34-35-37-39-41-43-45-47-49-51-53-55-61(65)60(59-70-71(67,68)69-58-57-64(3,4)5)63-62(66)56-54-52-50-48-46-44-42-40-38-36-33-29-27-25-23-21-19-17-15-13-11-9-7-2/h19,21,25,27,33,36,60-61,65H,6-18,20,22-24,26,28-32,34-35,37-59H2,1-5H3,(H-,63,66,67,68)/p+1/b21-19-,27-25-,36-33-. The number of likely N-dealkylation sites (N-methyl/N-ethyl adjacent to an activating group) is 1. The first kappa shape index (κ1) is 69.7. The lowest BCUT2D eigenvalue weighted by Crippen LogP contribution is -2.46. The number of allylic oxidation sites excluding steroid dienone is 6. The Morgan fingerprint density at radius 3 is 1.17 bits per heavy atom. The summed E-state index contributed by atoms with van der Waals surface area (Å²) in [5, 5.41) is 14.1. The Balaban J connectivity index is 4.14. The van der Waals surface area contributed by atoms with Crippen molar-refractivity contribution in [3.8, 4) is 0 Å². The first-order valence-corrected chi connectivity index (χ1v) is 32.3. The van der Waals surface area contributed by atoms with Crippen LogP contribution in [0.1, 0.15) is 303 Å². The van der Waals surface area contributed by atoms with E-state index >= 15 is 0 Å². The molecule has 3 N–H and O–H groups in total. The van der Waals surface area contributed by atoms with E-state index in [1.807, 2.05) is 21.1 Å². The molecule has 0 aromatic heterocycles. The number of unbranched alkanes of at least 4 members (excludes halogenated alkanes) is 38. The summed E-state index contributed by atoms with van der Waals surface area (Å²) in [7, 11) is 1.62. The van der Waals surface area contributed by atoms with Gasteiger partial charge in [-0.05, 0) is 51.4 Å². The molecular weight excluding hydrogens is 900 g/mol. The minimum absolute atomic E-state index is 0.0732. The van der Waals surface area contributed by atoms with Gasteiger partial charge in [0, 0.05) is 6.42 Å². The highest BCUT2D eigenvalue weighted by molar-refractivity contribution is 7.47. The number of carbonyl (C=O) groups is 1. The molecule has 8 nitrogen and oxygen atoms in total. The zero-order valence-electron chi connectivity index (χ0n) is 48.0. The number of phosphoric acid groups is 1. The molecule has 0 spiro atoms. The molecule has 0 fully saturated rings. The summed E-state index contributed by atoms with van der Waals surface area (Å²) in [6.07, 6.45) is 69.2. The lowest BCUT2D eigenvalue weighted by molar-refractivity contribution is -0.870. The maximum Gasteiger partial charge on any atom is 0.472 e. The Hall–Kier alpha value is -1.28. The average Bonchev–Trinajstić information content (AvgIpc) is 3.33. The fourth-order valence-corrected chi connectivity index (χ4v) is 10.0. The second-order valence-electron chi connectivity index (χ2n) is 22.4. The van der Waals surface area contributed by atoms with E-state index in [9.17, 15) is 19.4 Å². The van der Waals surface area contributed by atoms with E-state index in [0.29, 0.717) is 23.9 Å². The SMILES string of the molecule is CCCCCCC/C=C\C/C=C\C/C=C\CCCCCCCCCCC(=O)NC(COP(=O)(O)OCC[N+](C)(C)C)C(O)CCCCCCCCCCCCCCCCCCCCCCCCCCCC. The molecule has 3 atom stereocenters. The van der Waals surface area contributed by atoms with Gasteiger partial charge in [0.1, 0.15) is 13.2 Å². The number of carbonyl (C=O) groups excluding carboxylic acids is 1. The van der Waals surface area contributed by atoms with Crippen molar-refractivity contribution < 1.29 is 32.9 Å². The van der Waals surface area contributed by atoms with Gasteiger partial charge in [-0.2, -0.15) is 0 Å². The summed E-state index contributed by atoms with van der Waals surface area (Å²) in [4.78, 5) is 23.4. The largest absolute Gasteiger partial charge is 0.472 e. The zero-order valence-corrected chi connectivity index (χ0v) is 48.9. The normalized spacial score (nSPS) is 14.1. The topological polar surface area (TPSA) is 105 Å². The molecule has 0 aliphatic rings. The molecule has 0 saturated heterocycles. The Morgan fingerprint density at radius 2 is 0.803 bits per heavy atom. The molecule has 0 bridgehead atoms. The van der Waals surface area contributed by atoms with Gasteiger partial charge in [-0.3, -0.25) is 13.8 Å². The average molecular weight is 1020 g/mol. The first-order valence-electron chi connectivity index (χ1n) is 30.9.